The number of anilines is 2. The summed E-state index contributed by atoms with van der Waals surface area (Å²) in [4.78, 5) is 21.9. The first-order valence-corrected chi connectivity index (χ1v) is 14.2. The molecule has 2 aromatic carbocycles. The van der Waals surface area contributed by atoms with Crippen molar-refractivity contribution >= 4 is 34.7 Å². The molecule has 9 heteroatoms. The Kier molecular flexibility index (Phi) is 7.47. The molecule has 1 N–H and O–H groups in total. The molecule has 0 spiro atoms. The van der Waals surface area contributed by atoms with Gasteiger partial charge in [-0.15, -0.1) is 0 Å². The van der Waals surface area contributed by atoms with Crippen molar-refractivity contribution in [2.24, 2.45) is 0 Å². The van der Waals surface area contributed by atoms with Crippen molar-refractivity contribution < 1.29 is 14.3 Å². The number of carbonyl (C=O) groups excluding carboxylic acids is 1. The molecule has 6 rings (SSSR count). The van der Waals surface area contributed by atoms with Gasteiger partial charge in [-0.1, -0.05) is 18.2 Å². The highest BCUT2D eigenvalue weighted by atomic mass is 32.1. The molecule has 2 unspecified atom stereocenters. The van der Waals surface area contributed by atoms with Crippen molar-refractivity contribution in [3.63, 3.8) is 0 Å². The first-order chi connectivity index (χ1) is 20.0. The first-order valence-electron chi connectivity index (χ1n) is 13.8. The minimum absolute atomic E-state index is 0.170. The lowest BCUT2D eigenvalue weighted by Crippen LogP contribution is -2.36. The summed E-state index contributed by atoms with van der Waals surface area (Å²) in [7, 11) is 1.41. The fraction of sp³-hybridized carbons (Fsp3) is 0.281. The van der Waals surface area contributed by atoms with Crippen LogP contribution in [0.3, 0.4) is 0 Å². The predicted octanol–water partition coefficient (Wildman–Crippen LogP) is 5.29. The molecule has 2 aliphatic heterocycles. The number of aryl methyl sites for hydroxylation is 1. The van der Waals surface area contributed by atoms with Crippen LogP contribution in [-0.4, -0.2) is 54.0 Å². The number of pyridine rings is 1. The number of nitrogens with one attached hydrogen (secondary N) is 1. The summed E-state index contributed by atoms with van der Waals surface area (Å²) in [6.07, 6.45) is 1.81. The topological polar surface area (TPSA) is 71.9 Å². The number of benzene rings is 2. The Balaban J connectivity index is 1.45. The number of para-hydroxylation sites is 1. The van der Waals surface area contributed by atoms with Crippen LogP contribution in [0.2, 0.25) is 0 Å². The van der Waals surface area contributed by atoms with Gasteiger partial charge in [-0.25, -0.2) is 4.79 Å². The van der Waals surface area contributed by atoms with Crippen molar-refractivity contribution in [2.75, 3.05) is 43.2 Å². The van der Waals surface area contributed by atoms with Gasteiger partial charge < -0.3 is 29.2 Å². The average molecular weight is 568 g/mol. The number of thiocarbonyl (C=S) groups is 1. The Morgan fingerprint density at radius 1 is 1.00 bits per heavy atom. The second kappa shape index (κ2) is 11.3. The molecule has 8 nitrogen and oxygen atoms in total. The van der Waals surface area contributed by atoms with Crippen LogP contribution in [-0.2, 0) is 9.47 Å². The standard InChI is InChI=1S/C32H33N5O3S/c1-21-20-26(22(2)36(21)28-10-5-4-8-25(28)31(38)39-3)30-29(27-9-6-7-15-33-27)34-32(41)37(30)24-13-11-23(12-14-24)35-16-18-40-19-17-35/h4-15,20,29-30H,16-19H2,1-3H3,(H,34,41). The van der Waals surface area contributed by atoms with Gasteiger partial charge in [0.15, 0.2) is 5.11 Å². The zero-order chi connectivity index (χ0) is 28.5. The summed E-state index contributed by atoms with van der Waals surface area (Å²) >= 11 is 5.97. The normalized spacial score (nSPS) is 18.9. The fourth-order valence-corrected chi connectivity index (χ4v) is 6.35. The molecule has 2 aliphatic rings. The van der Waals surface area contributed by atoms with E-state index in [1.54, 1.807) is 6.07 Å². The van der Waals surface area contributed by atoms with Gasteiger partial charge in [0.25, 0.3) is 0 Å². The molecule has 41 heavy (non-hydrogen) atoms. The Morgan fingerprint density at radius 3 is 2.41 bits per heavy atom. The van der Waals surface area contributed by atoms with Crippen molar-refractivity contribution in [3.8, 4) is 5.69 Å². The van der Waals surface area contributed by atoms with Crippen molar-refractivity contribution in [3.05, 3.63) is 107 Å². The Hall–Kier alpha value is -4.21. The molecule has 210 valence electrons. The Bertz CT molecular complexity index is 1560. The molecule has 0 bridgehead atoms. The van der Waals surface area contributed by atoms with Crippen LogP contribution in [0.5, 0.6) is 0 Å². The SMILES string of the molecule is COC(=O)c1ccccc1-n1c(C)cc(C2C(c3ccccn3)NC(=S)N2c2ccc(N3CCOCC3)cc2)c1C. The number of nitrogens with zero attached hydrogens (tertiary/aromatic N) is 4. The molecule has 0 aliphatic carbocycles. The molecule has 4 heterocycles. The van der Waals surface area contributed by atoms with E-state index < -0.39 is 0 Å². The molecule has 2 atom stereocenters. The van der Waals surface area contributed by atoms with Gasteiger partial charge in [0, 0.05) is 42.0 Å². The van der Waals surface area contributed by atoms with Gasteiger partial charge in [0.05, 0.1) is 49.4 Å². The quantitative estimate of drug-likeness (QED) is 0.249. The number of carbonyl (C=O) groups is 1. The molecular formula is C32H33N5O3S. The van der Waals surface area contributed by atoms with E-state index in [-0.39, 0.29) is 18.1 Å². The highest BCUT2D eigenvalue weighted by Crippen LogP contribution is 2.44. The zero-order valence-corrected chi connectivity index (χ0v) is 24.2. The average Bonchev–Trinajstić information content (AvgIpc) is 3.52. The monoisotopic (exact) mass is 567 g/mol. The van der Waals surface area contributed by atoms with Crippen LogP contribution in [0.1, 0.15) is 45.1 Å². The first kappa shape index (κ1) is 27.0. The minimum atomic E-state index is -0.369. The summed E-state index contributed by atoms with van der Waals surface area (Å²) in [6.45, 7) is 7.39. The maximum absolute atomic E-state index is 12.7. The smallest absolute Gasteiger partial charge is 0.339 e. The Labute approximate surface area is 245 Å². The lowest BCUT2D eigenvalue weighted by molar-refractivity contribution is 0.0600. The van der Waals surface area contributed by atoms with Gasteiger partial charge in [0.2, 0.25) is 0 Å². The van der Waals surface area contributed by atoms with E-state index in [2.05, 4.69) is 63.9 Å². The lowest BCUT2D eigenvalue weighted by Gasteiger charge is -2.31. The van der Waals surface area contributed by atoms with E-state index in [4.69, 9.17) is 26.7 Å². The number of hydrogen-bond donors (Lipinski definition) is 1. The largest absolute Gasteiger partial charge is 0.465 e. The number of aromatic nitrogens is 2. The second-order valence-corrected chi connectivity index (χ2v) is 10.7. The third kappa shape index (κ3) is 4.96. The third-order valence-electron chi connectivity index (χ3n) is 7.94. The second-order valence-electron chi connectivity index (χ2n) is 10.3. The van der Waals surface area contributed by atoms with Crippen LogP contribution in [0.15, 0.2) is 79.0 Å². The molecule has 0 saturated carbocycles. The highest BCUT2D eigenvalue weighted by molar-refractivity contribution is 7.80. The summed E-state index contributed by atoms with van der Waals surface area (Å²) in [5.41, 5.74) is 7.51. The van der Waals surface area contributed by atoms with E-state index in [1.807, 2.05) is 42.6 Å². The number of morpholine rings is 1. The lowest BCUT2D eigenvalue weighted by atomic mass is 9.96. The number of ether oxygens (including phenoxy) is 2. The molecule has 2 saturated heterocycles. The van der Waals surface area contributed by atoms with E-state index >= 15 is 0 Å². The van der Waals surface area contributed by atoms with Gasteiger partial charge in [-0.3, -0.25) is 4.98 Å². The molecule has 2 aromatic heterocycles. The van der Waals surface area contributed by atoms with Crippen LogP contribution >= 0.6 is 12.2 Å². The summed E-state index contributed by atoms with van der Waals surface area (Å²) in [6, 6.07) is 23.9. The number of hydrogen-bond acceptors (Lipinski definition) is 6. The van der Waals surface area contributed by atoms with Crippen molar-refractivity contribution in [1.29, 1.82) is 0 Å². The van der Waals surface area contributed by atoms with Crippen LogP contribution in [0.4, 0.5) is 11.4 Å². The highest BCUT2D eigenvalue weighted by Gasteiger charge is 2.42. The van der Waals surface area contributed by atoms with Crippen molar-refractivity contribution in [2.45, 2.75) is 25.9 Å². The molecular weight excluding hydrogens is 534 g/mol. The molecule has 2 fully saturated rings. The van der Waals surface area contributed by atoms with Gasteiger partial charge in [0.1, 0.15) is 0 Å². The van der Waals surface area contributed by atoms with Crippen LogP contribution in [0.25, 0.3) is 5.69 Å². The summed E-state index contributed by atoms with van der Waals surface area (Å²) in [5.74, 6) is -0.369. The maximum Gasteiger partial charge on any atom is 0.339 e. The summed E-state index contributed by atoms with van der Waals surface area (Å²) < 4.78 is 12.7. The number of methoxy groups -OCH3 is 1. The van der Waals surface area contributed by atoms with Crippen LogP contribution < -0.4 is 15.1 Å². The van der Waals surface area contributed by atoms with E-state index in [0.29, 0.717) is 10.7 Å². The molecule has 0 radical (unpaired) electrons. The predicted molar refractivity (Wildman–Crippen MR) is 164 cm³/mol. The fourth-order valence-electron chi connectivity index (χ4n) is 6.00. The van der Waals surface area contributed by atoms with Gasteiger partial charge in [-0.2, -0.15) is 0 Å². The third-order valence-corrected chi connectivity index (χ3v) is 8.26. The van der Waals surface area contributed by atoms with E-state index in [9.17, 15) is 4.79 Å². The van der Waals surface area contributed by atoms with E-state index in [0.717, 1.165) is 60.3 Å². The van der Waals surface area contributed by atoms with E-state index in [1.165, 1.54) is 12.8 Å². The summed E-state index contributed by atoms with van der Waals surface area (Å²) in [5, 5.41) is 4.21. The minimum Gasteiger partial charge on any atom is -0.465 e. The van der Waals surface area contributed by atoms with Gasteiger partial charge in [-0.05, 0) is 86.2 Å². The molecule has 0 amide bonds. The van der Waals surface area contributed by atoms with Gasteiger partial charge >= 0.3 is 5.97 Å². The number of esters is 1. The molecule has 4 aromatic rings. The Morgan fingerprint density at radius 2 is 1.71 bits per heavy atom. The van der Waals surface area contributed by atoms with Crippen LogP contribution in [0, 0.1) is 13.8 Å². The maximum atomic E-state index is 12.7. The van der Waals surface area contributed by atoms with Crippen molar-refractivity contribution in [1.82, 2.24) is 14.9 Å². The number of rotatable bonds is 6. The zero-order valence-electron chi connectivity index (χ0n) is 23.4.